The molecule has 0 saturated carbocycles. The normalized spacial score (nSPS) is 8.19. The maximum absolute atomic E-state index is 3.51. The zero-order valence-electron chi connectivity index (χ0n) is 14.1. The molecule has 0 aliphatic carbocycles. The molecule has 3 nitrogen and oxygen atoms in total. The molecule has 21 heavy (non-hydrogen) atoms. The molecule has 0 unspecified atom stereocenters. The largest absolute Gasteiger partial charge is 4.00 e. The van der Waals surface area contributed by atoms with Crippen molar-refractivity contribution in [2.45, 2.75) is 6.92 Å². The molecule has 0 atom stereocenters. The first-order valence-corrected chi connectivity index (χ1v) is 7.06. The summed E-state index contributed by atoms with van der Waals surface area (Å²) < 4.78 is 1.18. The Morgan fingerprint density at radius 3 is 1.71 bits per heavy atom. The summed E-state index contributed by atoms with van der Waals surface area (Å²) in [6, 6.07) is 10.7. The molecule has 5 heteroatoms. The van der Waals surface area contributed by atoms with Crippen LogP contribution in [0.5, 0.6) is 0 Å². The van der Waals surface area contributed by atoms with Crippen LogP contribution in [0.3, 0.4) is 0 Å². The van der Waals surface area contributed by atoms with Gasteiger partial charge in [0.05, 0.1) is 0 Å². The second-order valence-electron chi connectivity index (χ2n) is 4.12. The monoisotopic (exact) mass is 429 g/mol. The van der Waals surface area contributed by atoms with Gasteiger partial charge in [-0.3, -0.25) is 0 Å². The van der Waals surface area contributed by atoms with Gasteiger partial charge in [-0.05, 0) is 4.47 Å². The number of aryl methyl sites for hydroxylation is 1. The number of hydrogen-bond acceptors (Lipinski definition) is 0. The first-order chi connectivity index (χ1) is 9.51. The van der Waals surface area contributed by atoms with E-state index in [1.807, 2.05) is 0 Å². The summed E-state index contributed by atoms with van der Waals surface area (Å²) in [6.07, 6.45) is 0. The average molecular weight is 432 g/mol. The summed E-state index contributed by atoms with van der Waals surface area (Å²) in [5.74, 6) is 0. The summed E-state index contributed by atoms with van der Waals surface area (Å²) in [7, 11) is 10.5. The Hall–Kier alpha value is 0.0731. The van der Waals surface area contributed by atoms with Crippen molar-refractivity contribution >= 4 is 26.7 Å². The van der Waals surface area contributed by atoms with Gasteiger partial charge in [0.2, 0.25) is 0 Å². The molecule has 0 amide bonds. The van der Waals surface area contributed by atoms with Crippen LogP contribution in [0.25, 0.3) is 26.7 Å². The third-order valence-electron chi connectivity index (χ3n) is 1.84. The van der Waals surface area contributed by atoms with Gasteiger partial charge in [0, 0.05) is 0 Å². The molecule has 0 bridgehead atoms. The number of nitrogens with zero attached hydrogens (tertiary/aromatic N) is 3. The van der Waals surface area contributed by atoms with Gasteiger partial charge in [0.15, 0.2) is 0 Å². The van der Waals surface area contributed by atoms with Crippen LogP contribution in [0.2, 0.25) is 0 Å². The van der Waals surface area contributed by atoms with Crippen molar-refractivity contribution in [3.63, 3.8) is 0 Å². The maximum atomic E-state index is 3.51. The summed E-state index contributed by atoms with van der Waals surface area (Å²) in [6.45, 7) is 2.12. The van der Waals surface area contributed by atoms with Gasteiger partial charge >= 0.3 is 26.2 Å². The second-order valence-corrected chi connectivity index (χ2v) is 4.97. The Bertz CT molecular complexity index is 439. The van der Waals surface area contributed by atoms with Crippen LogP contribution in [0.15, 0.2) is 34.8 Å². The van der Waals surface area contributed by atoms with Crippen LogP contribution in [0.4, 0.5) is 0 Å². The first-order valence-electron chi connectivity index (χ1n) is 6.27. The zero-order chi connectivity index (χ0) is 16.0. The summed E-state index contributed by atoms with van der Waals surface area (Å²) in [5.41, 5.74) is 1.33. The van der Waals surface area contributed by atoms with E-state index in [2.05, 4.69) is 69.1 Å². The van der Waals surface area contributed by atoms with Crippen LogP contribution >= 0.6 is 15.9 Å². The standard InChI is InChI=1S/C10H8Br.3C2H6N.Zr/c1-7-5-8-3-2-4-10(11)9(8)6-7;3*1-3-2;/h2-6H,1H3;3*1-2H3;/q4*-1;+4. The van der Waals surface area contributed by atoms with Gasteiger partial charge in [-0.2, -0.15) is 48.4 Å². The van der Waals surface area contributed by atoms with Crippen molar-refractivity contribution < 1.29 is 26.2 Å². The SMILES string of the molecule is C[N-]C.C[N-]C.C[N-]C.Cc1cc2c(Br)cccc2[cH-]1.[Zr+4]. The molecule has 0 aliphatic rings. The second kappa shape index (κ2) is 18.1. The van der Waals surface area contributed by atoms with E-state index in [1.165, 1.54) is 20.8 Å². The van der Waals surface area contributed by atoms with Crippen LogP contribution in [0, 0.1) is 6.92 Å². The van der Waals surface area contributed by atoms with Gasteiger partial charge in [-0.1, -0.05) is 28.9 Å². The van der Waals surface area contributed by atoms with E-state index in [1.54, 1.807) is 42.3 Å². The molecule has 2 aromatic rings. The van der Waals surface area contributed by atoms with Crippen molar-refractivity contribution in [1.82, 2.24) is 0 Å². The fraction of sp³-hybridized carbons (Fsp3) is 0.438. The first kappa shape index (κ1) is 26.0. The van der Waals surface area contributed by atoms with E-state index in [0.717, 1.165) is 0 Å². The van der Waals surface area contributed by atoms with E-state index in [9.17, 15) is 0 Å². The quantitative estimate of drug-likeness (QED) is 0.496. The van der Waals surface area contributed by atoms with Gasteiger partial charge < -0.3 is 16.0 Å². The van der Waals surface area contributed by atoms with Gasteiger partial charge in [-0.25, -0.2) is 0 Å². The van der Waals surface area contributed by atoms with Crippen molar-refractivity contribution in [3.05, 3.63) is 56.3 Å². The van der Waals surface area contributed by atoms with E-state index >= 15 is 0 Å². The molecule has 0 saturated heterocycles. The van der Waals surface area contributed by atoms with Crippen molar-refractivity contribution in [3.8, 4) is 0 Å². The van der Waals surface area contributed by atoms with Gasteiger partial charge in [0.25, 0.3) is 0 Å². The van der Waals surface area contributed by atoms with Crippen molar-refractivity contribution in [1.29, 1.82) is 0 Å². The topological polar surface area (TPSA) is 42.3 Å². The molecule has 0 spiro atoms. The van der Waals surface area contributed by atoms with Crippen molar-refractivity contribution in [2.24, 2.45) is 0 Å². The molecule has 0 aliphatic heterocycles. The van der Waals surface area contributed by atoms with Crippen LogP contribution in [-0.2, 0) is 26.2 Å². The van der Waals surface area contributed by atoms with E-state index < -0.39 is 0 Å². The molecular formula is C16H26BrN3Zr. The smallest absolute Gasteiger partial charge is 0.668 e. The number of fused-ring (bicyclic) bond motifs is 1. The predicted molar refractivity (Wildman–Crippen MR) is 97.6 cm³/mol. The van der Waals surface area contributed by atoms with Crippen LogP contribution in [0.1, 0.15) is 5.56 Å². The van der Waals surface area contributed by atoms with E-state index in [-0.39, 0.29) is 26.2 Å². The molecule has 2 aromatic carbocycles. The Labute approximate surface area is 157 Å². The number of benzene rings is 1. The molecule has 2 rings (SSSR count). The molecule has 0 fully saturated rings. The minimum absolute atomic E-state index is 0. The van der Waals surface area contributed by atoms with Crippen LogP contribution < -0.4 is 0 Å². The number of halogens is 1. The Morgan fingerprint density at radius 1 is 0.905 bits per heavy atom. The van der Waals surface area contributed by atoms with Crippen molar-refractivity contribution in [2.75, 3.05) is 42.3 Å². The minimum atomic E-state index is 0. The summed E-state index contributed by atoms with van der Waals surface area (Å²) >= 11 is 3.51. The molecule has 0 aromatic heterocycles. The third-order valence-corrected chi connectivity index (χ3v) is 2.53. The molecule has 116 valence electrons. The molecular weight excluding hydrogens is 405 g/mol. The van der Waals surface area contributed by atoms with Gasteiger partial charge in [-0.15, -0.1) is 34.5 Å². The molecule has 0 N–H and O–H groups in total. The Balaban J connectivity index is -0.000000276. The fourth-order valence-electron chi connectivity index (χ4n) is 1.35. The maximum Gasteiger partial charge on any atom is 4.00 e. The minimum Gasteiger partial charge on any atom is -0.668 e. The molecule has 0 heterocycles. The number of rotatable bonds is 0. The molecule has 0 radical (unpaired) electrons. The third kappa shape index (κ3) is 13.5. The van der Waals surface area contributed by atoms with E-state index in [0.29, 0.717) is 0 Å². The fourth-order valence-corrected chi connectivity index (χ4v) is 1.84. The average Bonchev–Trinajstić information content (AvgIpc) is 2.74. The summed E-state index contributed by atoms with van der Waals surface area (Å²) in [4.78, 5) is 0. The number of hydrogen-bond donors (Lipinski definition) is 0. The Kier molecular flexibility index (Phi) is 22.4. The predicted octanol–water partition coefficient (Wildman–Crippen LogP) is 5.49. The van der Waals surface area contributed by atoms with Gasteiger partial charge in [0.1, 0.15) is 0 Å². The summed E-state index contributed by atoms with van der Waals surface area (Å²) in [5, 5.41) is 13.1. The Morgan fingerprint density at radius 2 is 1.33 bits per heavy atom. The van der Waals surface area contributed by atoms with Crippen LogP contribution in [-0.4, -0.2) is 42.3 Å². The zero-order valence-corrected chi connectivity index (χ0v) is 18.2. The van der Waals surface area contributed by atoms with E-state index in [4.69, 9.17) is 0 Å².